The molecule has 4 nitrogen and oxygen atoms in total. The molecule has 0 fully saturated rings. The summed E-state index contributed by atoms with van der Waals surface area (Å²) in [5, 5.41) is 23.2. The number of hydrogen-bond acceptors (Lipinski definition) is 4. The Labute approximate surface area is 271 Å². The van der Waals surface area contributed by atoms with Crippen LogP contribution >= 0.6 is 0 Å². The number of aryl methyl sites for hydroxylation is 1. The zero-order chi connectivity index (χ0) is 30.6. The third-order valence-electron chi connectivity index (χ3n) is 7.37. The number of aliphatic imine (C=N–C) groups is 2. The molecule has 0 aliphatic rings. The molecule has 0 spiro atoms. The van der Waals surface area contributed by atoms with Crippen molar-refractivity contribution in [3.05, 3.63) is 83.4 Å². The monoisotopic (exact) mass is 626 g/mol. The van der Waals surface area contributed by atoms with Crippen LogP contribution < -0.4 is 10.2 Å². The summed E-state index contributed by atoms with van der Waals surface area (Å²) in [5.74, 6) is -0.625. The molecular weight excluding hydrogens is 575 g/mol. The average molecular weight is 628 g/mol. The number of unbranched alkanes of at least 4 members (excludes halogenated alkanes) is 5. The Morgan fingerprint density at radius 3 is 1.58 bits per heavy atom. The van der Waals surface area contributed by atoms with Gasteiger partial charge in [0.2, 0.25) is 0 Å². The predicted octanol–water partition coefficient (Wildman–Crippen LogP) is 10.1. The molecule has 0 heterocycles. The molecule has 0 amide bonds. The van der Waals surface area contributed by atoms with Crippen molar-refractivity contribution in [2.45, 2.75) is 118 Å². The zero-order valence-electron chi connectivity index (χ0n) is 27.1. The predicted molar refractivity (Wildman–Crippen MR) is 178 cm³/mol. The van der Waals surface area contributed by atoms with Gasteiger partial charge in [-0.05, 0) is 87.3 Å². The third kappa shape index (κ3) is 14.0. The van der Waals surface area contributed by atoms with Gasteiger partial charge in [0.05, 0.1) is 22.8 Å². The third-order valence-corrected chi connectivity index (χ3v) is 7.37. The Balaban J connectivity index is 0.000000469. The van der Waals surface area contributed by atoms with Crippen LogP contribution in [0.4, 0.5) is 11.4 Å². The van der Waals surface area contributed by atoms with Gasteiger partial charge in [-0.15, -0.1) is 11.5 Å². The van der Waals surface area contributed by atoms with Crippen LogP contribution in [0.3, 0.4) is 0 Å². The molecule has 3 rings (SSSR count). The van der Waals surface area contributed by atoms with Crippen molar-refractivity contribution in [3.63, 3.8) is 0 Å². The SMILES string of the molecule is CCCCCCC(=Nc1ccccc1)C(CCCC)=Nc1ccccc1.CCCCc1c(C)cc([O-])c([O-])c1CCC.[Ni+2]. The van der Waals surface area contributed by atoms with E-state index >= 15 is 0 Å². The Hall–Kier alpha value is -2.91. The average Bonchev–Trinajstić information content (AvgIpc) is 3.00. The number of rotatable bonds is 16. The molecule has 0 saturated heterocycles. The second-order valence-corrected chi connectivity index (χ2v) is 11.0. The fourth-order valence-electron chi connectivity index (χ4n) is 5.00. The molecule has 0 N–H and O–H groups in total. The maximum atomic E-state index is 11.8. The van der Waals surface area contributed by atoms with E-state index in [1.807, 2.05) is 50.2 Å². The first kappa shape index (κ1) is 38.1. The summed E-state index contributed by atoms with van der Waals surface area (Å²) < 4.78 is 0. The molecule has 5 heteroatoms. The van der Waals surface area contributed by atoms with Gasteiger partial charge in [0.1, 0.15) is 0 Å². The van der Waals surface area contributed by atoms with Crippen molar-refractivity contribution in [2.24, 2.45) is 9.98 Å². The van der Waals surface area contributed by atoms with Crippen LogP contribution in [-0.4, -0.2) is 11.4 Å². The molecule has 0 aliphatic carbocycles. The largest absolute Gasteiger partial charge is 2.00 e. The van der Waals surface area contributed by atoms with Crippen LogP contribution in [0.15, 0.2) is 76.7 Å². The standard InChI is InChI=1S/C24H32N2.C14H22O2.Ni/c1-3-5-7-14-20-24(26-22-17-12-9-13-18-22)23(19-6-4-2)25-21-15-10-8-11-16-21;1-4-6-8-11-10(3)9-13(15)14(16)12(11)7-5-2;/h8-13,15-18H,3-7,14,19-20H2,1-2H3;9,15-16H,4-8H2,1-3H3;/q;;+2/p-2. The molecular formula is C38H52N2NiO2. The van der Waals surface area contributed by atoms with Gasteiger partial charge in [0.15, 0.2) is 0 Å². The number of para-hydroxylation sites is 2. The summed E-state index contributed by atoms with van der Waals surface area (Å²) in [5.41, 5.74) is 7.22. The molecule has 0 unspecified atom stereocenters. The van der Waals surface area contributed by atoms with Gasteiger partial charge in [0.25, 0.3) is 0 Å². The van der Waals surface area contributed by atoms with Crippen LogP contribution in [-0.2, 0) is 29.3 Å². The second-order valence-electron chi connectivity index (χ2n) is 11.0. The molecule has 0 aliphatic heterocycles. The van der Waals surface area contributed by atoms with Crippen molar-refractivity contribution in [1.29, 1.82) is 0 Å². The van der Waals surface area contributed by atoms with Crippen molar-refractivity contribution in [3.8, 4) is 11.5 Å². The van der Waals surface area contributed by atoms with E-state index in [0.29, 0.717) is 0 Å². The van der Waals surface area contributed by atoms with Gasteiger partial charge in [-0.2, -0.15) is 0 Å². The van der Waals surface area contributed by atoms with Crippen LogP contribution in [0.25, 0.3) is 0 Å². The summed E-state index contributed by atoms with van der Waals surface area (Å²) in [7, 11) is 0. The van der Waals surface area contributed by atoms with Gasteiger partial charge in [0, 0.05) is 0 Å². The molecule has 236 valence electrons. The Bertz CT molecular complexity index is 1220. The molecule has 43 heavy (non-hydrogen) atoms. The minimum atomic E-state index is -0.346. The summed E-state index contributed by atoms with van der Waals surface area (Å²) in [6.07, 6.45) is 14.1. The topological polar surface area (TPSA) is 70.8 Å². The maximum absolute atomic E-state index is 11.8. The molecule has 0 radical (unpaired) electrons. The van der Waals surface area contributed by atoms with Crippen molar-refractivity contribution in [2.75, 3.05) is 0 Å². The fraction of sp³-hybridized carbons (Fsp3) is 0.474. The smallest absolute Gasteiger partial charge is 0.873 e. The quantitative estimate of drug-likeness (QED) is 0.0901. The molecule has 0 saturated carbocycles. The normalized spacial score (nSPS) is 11.5. The van der Waals surface area contributed by atoms with Crippen molar-refractivity contribution >= 4 is 22.8 Å². The van der Waals surface area contributed by atoms with E-state index in [-0.39, 0.29) is 28.0 Å². The Morgan fingerprint density at radius 1 is 0.581 bits per heavy atom. The Kier molecular flexibility index (Phi) is 20.0. The molecule has 3 aromatic rings. The van der Waals surface area contributed by atoms with E-state index in [1.54, 1.807) is 0 Å². The van der Waals surface area contributed by atoms with Crippen molar-refractivity contribution in [1.82, 2.24) is 0 Å². The van der Waals surface area contributed by atoms with Crippen LogP contribution in [0.1, 0.15) is 115 Å². The van der Waals surface area contributed by atoms with E-state index in [0.717, 1.165) is 90.9 Å². The van der Waals surface area contributed by atoms with E-state index in [9.17, 15) is 10.2 Å². The second kappa shape index (κ2) is 22.6. The zero-order valence-corrected chi connectivity index (χ0v) is 28.1. The van der Waals surface area contributed by atoms with Gasteiger partial charge < -0.3 is 10.2 Å². The van der Waals surface area contributed by atoms with Crippen LogP contribution in [0, 0.1) is 6.92 Å². The van der Waals surface area contributed by atoms with Gasteiger partial charge in [-0.1, -0.05) is 114 Å². The molecule has 0 aromatic heterocycles. The summed E-state index contributed by atoms with van der Waals surface area (Å²) >= 11 is 0. The molecule has 3 aromatic carbocycles. The van der Waals surface area contributed by atoms with E-state index in [1.165, 1.54) is 38.2 Å². The summed E-state index contributed by atoms with van der Waals surface area (Å²) in [4.78, 5) is 9.97. The number of nitrogens with zero attached hydrogens (tertiary/aromatic N) is 2. The maximum Gasteiger partial charge on any atom is 2.00 e. The van der Waals surface area contributed by atoms with Gasteiger partial charge in [-0.25, -0.2) is 0 Å². The van der Waals surface area contributed by atoms with Gasteiger partial charge in [-0.3, -0.25) is 9.98 Å². The summed E-state index contributed by atoms with van der Waals surface area (Å²) in [6, 6.07) is 22.1. The molecule has 0 atom stereocenters. The van der Waals surface area contributed by atoms with Crippen molar-refractivity contribution < 1.29 is 26.7 Å². The minimum absolute atomic E-state index is 0. The number of hydrogen-bond donors (Lipinski definition) is 0. The minimum Gasteiger partial charge on any atom is -0.873 e. The summed E-state index contributed by atoms with van der Waals surface area (Å²) in [6.45, 7) is 10.6. The fourth-order valence-corrected chi connectivity index (χ4v) is 5.00. The van der Waals surface area contributed by atoms with Crippen LogP contribution in [0.2, 0.25) is 0 Å². The van der Waals surface area contributed by atoms with E-state index < -0.39 is 0 Å². The first-order valence-corrected chi connectivity index (χ1v) is 16.2. The molecule has 0 bridgehead atoms. The Morgan fingerprint density at radius 2 is 1.09 bits per heavy atom. The number of benzene rings is 3. The van der Waals surface area contributed by atoms with E-state index in [4.69, 9.17) is 9.98 Å². The van der Waals surface area contributed by atoms with E-state index in [2.05, 4.69) is 45.0 Å². The van der Waals surface area contributed by atoms with Crippen LogP contribution in [0.5, 0.6) is 11.5 Å². The first-order chi connectivity index (χ1) is 20.4. The van der Waals surface area contributed by atoms with Gasteiger partial charge >= 0.3 is 16.5 Å². The first-order valence-electron chi connectivity index (χ1n) is 16.2.